The molecule has 0 bridgehead atoms. The number of hydrogen-bond acceptors (Lipinski definition) is 4. The first-order chi connectivity index (χ1) is 7.85. The molecule has 2 N–H and O–H groups in total. The van der Waals surface area contributed by atoms with Gasteiger partial charge in [-0.15, -0.1) is 0 Å². The van der Waals surface area contributed by atoms with Crippen LogP contribution in [0.1, 0.15) is 24.2 Å². The topological polar surface area (TPSA) is 65.5 Å². The van der Waals surface area contributed by atoms with Gasteiger partial charge in [-0.05, 0) is 19.9 Å². The Morgan fingerprint density at radius 3 is 2.76 bits per heavy atom. The maximum Gasteiger partial charge on any atom is 0.257 e. The molecule has 0 radical (unpaired) electrons. The van der Waals surface area contributed by atoms with Crippen LogP contribution >= 0.6 is 0 Å². The highest BCUT2D eigenvalue weighted by Crippen LogP contribution is 2.15. The van der Waals surface area contributed by atoms with Gasteiger partial charge < -0.3 is 15.3 Å². The van der Waals surface area contributed by atoms with E-state index in [1.54, 1.807) is 40.2 Å². The molecule has 1 aromatic heterocycles. The Morgan fingerprint density at radius 2 is 2.24 bits per heavy atom. The van der Waals surface area contributed by atoms with Crippen LogP contribution < -0.4 is 5.32 Å². The van der Waals surface area contributed by atoms with Crippen molar-refractivity contribution in [2.75, 3.05) is 26.0 Å². The van der Waals surface area contributed by atoms with Gasteiger partial charge in [-0.2, -0.15) is 0 Å². The number of pyridine rings is 1. The Balaban J connectivity index is 2.89. The molecule has 1 aromatic rings. The van der Waals surface area contributed by atoms with E-state index in [9.17, 15) is 9.90 Å². The molecule has 5 heteroatoms. The van der Waals surface area contributed by atoms with Crippen LogP contribution in [0.2, 0.25) is 0 Å². The Labute approximate surface area is 101 Å². The fourth-order valence-electron chi connectivity index (χ4n) is 1.64. The second-order valence-electron chi connectivity index (χ2n) is 4.64. The fraction of sp³-hybridized carbons (Fsp3) is 0.500. The summed E-state index contributed by atoms with van der Waals surface area (Å²) in [6.45, 7) is 3.60. The van der Waals surface area contributed by atoms with E-state index in [1.165, 1.54) is 11.1 Å². The first kappa shape index (κ1) is 13.4. The SMILES string of the molecule is CNc1ccncc1C(=O)N(C)CC(C)(C)O. The Hall–Kier alpha value is -1.62. The summed E-state index contributed by atoms with van der Waals surface area (Å²) < 4.78 is 0. The third-order valence-electron chi connectivity index (χ3n) is 2.29. The highest BCUT2D eigenvalue weighted by Gasteiger charge is 2.21. The van der Waals surface area contributed by atoms with Gasteiger partial charge in [0.1, 0.15) is 0 Å². The zero-order chi connectivity index (χ0) is 13.1. The zero-order valence-electron chi connectivity index (χ0n) is 10.7. The van der Waals surface area contributed by atoms with E-state index in [2.05, 4.69) is 10.3 Å². The largest absolute Gasteiger partial charge is 0.389 e. The predicted octanol–water partition coefficient (Wildman–Crippen LogP) is 0.966. The third kappa shape index (κ3) is 3.71. The molecule has 0 saturated heterocycles. The Morgan fingerprint density at radius 1 is 1.59 bits per heavy atom. The van der Waals surface area contributed by atoms with Gasteiger partial charge >= 0.3 is 0 Å². The highest BCUT2D eigenvalue weighted by atomic mass is 16.3. The molecule has 0 spiro atoms. The van der Waals surface area contributed by atoms with Crippen LogP contribution in [0.3, 0.4) is 0 Å². The van der Waals surface area contributed by atoms with Crippen LogP contribution in [-0.2, 0) is 0 Å². The lowest BCUT2D eigenvalue weighted by Crippen LogP contribution is -2.39. The van der Waals surface area contributed by atoms with Gasteiger partial charge in [0.15, 0.2) is 0 Å². The second-order valence-corrected chi connectivity index (χ2v) is 4.64. The van der Waals surface area contributed by atoms with Crippen molar-refractivity contribution >= 4 is 11.6 Å². The van der Waals surface area contributed by atoms with Crippen molar-refractivity contribution in [1.82, 2.24) is 9.88 Å². The Kier molecular flexibility index (Phi) is 4.07. The Bertz CT molecular complexity index is 399. The summed E-state index contributed by atoms with van der Waals surface area (Å²) >= 11 is 0. The van der Waals surface area contributed by atoms with Crippen molar-refractivity contribution in [3.05, 3.63) is 24.0 Å². The number of hydrogen-bond donors (Lipinski definition) is 2. The lowest BCUT2D eigenvalue weighted by atomic mass is 10.1. The summed E-state index contributed by atoms with van der Waals surface area (Å²) in [4.78, 5) is 17.6. The molecule has 0 unspecified atom stereocenters. The number of carbonyl (C=O) groups is 1. The number of aliphatic hydroxyl groups is 1. The maximum atomic E-state index is 12.1. The van der Waals surface area contributed by atoms with E-state index in [0.29, 0.717) is 5.56 Å². The van der Waals surface area contributed by atoms with Crippen molar-refractivity contribution in [3.63, 3.8) is 0 Å². The molecule has 0 saturated carbocycles. The van der Waals surface area contributed by atoms with Crippen LogP contribution in [0.15, 0.2) is 18.5 Å². The molecule has 0 fully saturated rings. The molecule has 1 amide bonds. The van der Waals surface area contributed by atoms with E-state index >= 15 is 0 Å². The van der Waals surface area contributed by atoms with Crippen molar-refractivity contribution in [2.45, 2.75) is 19.4 Å². The maximum absolute atomic E-state index is 12.1. The summed E-state index contributed by atoms with van der Waals surface area (Å²) in [6, 6.07) is 1.74. The van der Waals surface area contributed by atoms with Gasteiger partial charge in [0, 0.05) is 38.7 Å². The molecule has 1 rings (SSSR count). The van der Waals surface area contributed by atoms with Gasteiger partial charge in [-0.3, -0.25) is 9.78 Å². The van der Waals surface area contributed by atoms with Gasteiger partial charge in [-0.1, -0.05) is 0 Å². The van der Waals surface area contributed by atoms with Crippen LogP contribution in [0, 0.1) is 0 Å². The summed E-state index contributed by atoms with van der Waals surface area (Å²) in [5, 5.41) is 12.6. The van der Waals surface area contributed by atoms with E-state index in [4.69, 9.17) is 0 Å². The average Bonchev–Trinajstić information content (AvgIpc) is 2.25. The lowest BCUT2D eigenvalue weighted by Gasteiger charge is -2.26. The summed E-state index contributed by atoms with van der Waals surface area (Å²) in [5.41, 5.74) is 0.321. The van der Waals surface area contributed by atoms with Gasteiger partial charge in [-0.25, -0.2) is 0 Å². The van der Waals surface area contributed by atoms with E-state index in [1.807, 2.05) is 0 Å². The monoisotopic (exact) mass is 237 g/mol. The average molecular weight is 237 g/mol. The minimum Gasteiger partial charge on any atom is -0.389 e. The summed E-state index contributed by atoms with van der Waals surface area (Å²) in [5.74, 6) is -0.162. The molecule has 1 heterocycles. The normalized spacial score (nSPS) is 11.1. The van der Waals surface area contributed by atoms with E-state index in [-0.39, 0.29) is 12.5 Å². The minimum absolute atomic E-state index is 0.162. The standard InChI is InChI=1S/C12H19N3O2/c1-12(2,17)8-15(4)11(16)9-7-14-6-5-10(9)13-3/h5-7,17H,8H2,1-4H3,(H,13,14). The van der Waals surface area contributed by atoms with Gasteiger partial charge in [0.25, 0.3) is 5.91 Å². The van der Waals surface area contributed by atoms with Crippen LogP contribution in [0.25, 0.3) is 0 Å². The van der Waals surface area contributed by atoms with Crippen molar-refractivity contribution in [3.8, 4) is 0 Å². The van der Waals surface area contributed by atoms with Gasteiger partial charge in [0.2, 0.25) is 0 Å². The molecular formula is C12H19N3O2. The number of amides is 1. The molecule has 0 atom stereocenters. The number of rotatable bonds is 4. The number of aromatic nitrogens is 1. The molecular weight excluding hydrogens is 218 g/mol. The molecule has 5 nitrogen and oxygen atoms in total. The molecule has 0 aliphatic heterocycles. The molecule has 17 heavy (non-hydrogen) atoms. The zero-order valence-corrected chi connectivity index (χ0v) is 10.7. The van der Waals surface area contributed by atoms with Crippen LogP contribution in [-0.4, -0.2) is 47.1 Å². The minimum atomic E-state index is -0.910. The van der Waals surface area contributed by atoms with Crippen molar-refractivity contribution < 1.29 is 9.90 Å². The van der Waals surface area contributed by atoms with Crippen LogP contribution in [0.4, 0.5) is 5.69 Å². The first-order valence-corrected chi connectivity index (χ1v) is 5.45. The summed E-state index contributed by atoms with van der Waals surface area (Å²) in [6.07, 6.45) is 3.15. The number of carbonyl (C=O) groups excluding carboxylic acids is 1. The summed E-state index contributed by atoms with van der Waals surface area (Å²) in [7, 11) is 3.41. The number of anilines is 1. The molecule has 0 aliphatic carbocycles. The number of likely N-dealkylation sites (N-methyl/N-ethyl adjacent to an activating group) is 1. The van der Waals surface area contributed by atoms with Crippen molar-refractivity contribution in [2.24, 2.45) is 0 Å². The van der Waals surface area contributed by atoms with E-state index in [0.717, 1.165) is 5.69 Å². The molecule has 0 aliphatic rings. The number of nitrogens with one attached hydrogen (secondary N) is 1. The first-order valence-electron chi connectivity index (χ1n) is 5.45. The third-order valence-corrected chi connectivity index (χ3v) is 2.29. The fourth-order valence-corrected chi connectivity index (χ4v) is 1.64. The van der Waals surface area contributed by atoms with Crippen LogP contribution in [0.5, 0.6) is 0 Å². The smallest absolute Gasteiger partial charge is 0.257 e. The molecule has 94 valence electrons. The van der Waals surface area contributed by atoms with Crippen molar-refractivity contribution in [1.29, 1.82) is 0 Å². The molecule has 0 aromatic carbocycles. The van der Waals surface area contributed by atoms with E-state index < -0.39 is 5.60 Å². The quantitative estimate of drug-likeness (QED) is 0.819. The number of nitrogens with zero attached hydrogens (tertiary/aromatic N) is 2. The highest BCUT2D eigenvalue weighted by molar-refractivity contribution is 5.99. The second kappa shape index (κ2) is 5.14. The lowest BCUT2D eigenvalue weighted by molar-refractivity contribution is 0.0368. The van der Waals surface area contributed by atoms with Gasteiger partial charge in [0.05, 0.1) is 11.2 Å². The predicted molar refractivity (Wildman–Crippen MR) is 67.0 cm³/mol.